The topological polar surface area (TPSA) is 51.7 Å². The van der Waals surface area contributed by atoms with Gasteiger partial charge in [0.15, 0.2) is 5.79 Å². The summed E-state index contributed by atoms with van der Waals surface area (Å²) >= 11 is 0. The van der Waals surface area contributed by atoms with E-state index < -0.39 is 5.79 Å². The Labute approximate surface area is 135 Å². The van der Waals surface area contributed by atoms with Crippen LogP contribution in [0.25, 0.3) is 10.9 Å². The first kappa shape index (κ1) is 14.6. The van der Waals surface area contributed by atoms with Crippen LogP contribution in [-0.4, -0.2) is 47.9 Å². The molecule has 2 aromatic rings. The zero-order valence-corrected chi connectivity index (χ0v) is 13.2. The second kappa shape index (κ2) is 5.58. The molecule has 0 bridgehead atoms. The number of nitrogens with zero attached hydrogens (tertiary/aromatic N) is 2. The zero-order valence-electron chi connectivity index (χ0n) is 13.2. The van der Waals surface area contributed by atoms with Crippen molar-refractivity contribution in [1.29, 1.82) is 0 Å². The maximum absolute atomic E-state index is 13.0. The third-order valence-corrected chi connectivity index (χ3v) is 4.70. The van der Waals surface area contributed by atoms with E-state index in [1.807, 2.05) is 42.2 Å². The molecule has 0 radical (unpaired) electrons. The van der Waals surface area contributed by atoms with E-state index in [-0.39, 0.29) is 5.91 Å². The molecule has 0 unspecified atom stereocenters. The highest BCUT2D eigenvalue weighted by Gasteiger charge is 2.41. The summed E-state index contributed by atoms with van der Waals surface area (Å²) in [4.78, 5) is 19.4. The normalized spacial score (nSPS) is 20.3. The van der Waals surface area contributed by atoms with E-state index >= 15 is 0 Å². The summed E-state index contributed by atoms with van der Waals surface area (Å²) in [6.07, 6.45) is 1.47. The van der Waals surface area contributed by atoms with Gasteiger partial charge in [-0.2, -0.15) is 0 Å². The number of hydrogen-bond acceptors (Lipinski definition) is 4. The highest BCUT2D eigenvalue weighted by molar-refractivity contribution is 6.06. The number of pyridine rings is 1. The van der Waals surface area contributed by atoms with E-state index in [2.05, 4.69) is 4.98 Å². The fourth-order valence-corrected chi connectivity index (χ4v) is 3.49. The van der Waals surface area contributed by atoms with Crippen molar-refractivity contribution in [1.82, 2.24) is 9.88 Å². The van der Waals surface area contributed by atoms with E-state index in [4.69, 9.17) is 9.47 Å². The Kier molecular flexibility index (Phi) is 3.54. The molecule has 0 saturated carbocycles. The number of likely N-dealkylation sites (tertiary alicyclic amines) is 1. The average molecular weight is 312 g/mol. The molecule has 5 nitrogen and oxygen atoms in total. The van der Waals surface area contributed by atoms with E-state index in [1.165, 1.54) is 0 Å². The number of hydrogen-bond donors (Lipinski definition) is 0. The van der Waals surface area contributed by atoms with Crippen molar-refractivity contribution >= 4 is 16.8 Å². The summed E-state index contributed by atoms with van der Waals surface area (Å²) < 4.78 is 11.5. The highest BCUT2D eigenvalue weighted by Crippen LogP contribution is 2.32. The molecule has 23 heavy (non-hydrogen) atoms. The van der Waals surface area contributed by atoms with Crippen LogP contribution in [0.3, 0.4) is 0 Å². The Hall–Kier alpha value is -1.98. The van der Waals surface area contributed by atoms with Crippen LogP contribution >= 0.6 is 0 Å². The van der Waals surface area contributed by atoms with Crippen LogP contribution in [-0.2, 0) is 9.47 Å². The lowest BCUT2D eigenvalue weighted by molar-refractivity contribution is -0.181. The lowest BCUT2D eigenvalue weighted by Gasteiger charge is -2.37. The van der Waals surface area contributed by atoms with Crippen LogP contribution in [0.1, 0.15) is 28.9 Å². The van der Waals surface area contributed by atoms with Crippen LogP contribution in [0.2, 0.25) is 0 Å². The number of benzene rings is 1. The predicted octanol–water partition coefficient (Wildman–Crippen LogP) is 2.52. The molecule has 1 amide bonds. The SMILES string of the molecule is Cc1cc(C(=O)N2CCC3(CC2)OCCO3)c2ccccc2n1. The minimum Gasteiger partial charge on any atom is -0.347 e. The second-order valence-corrected chi connectivity index (χ2v) is 6.23. The van der Waals surface area contributed by atoms with E-state index in [1.54, 1.807) is 0 Å². The number of aromatic nitrogens is 1. The molecule has 2 aliphatic heterocycles. The minimum atomic E-state index is -0.451. The number of fused-ring (bicyclic) bond motifs is 1. The number of rotatable bonds is 1. The van der Waals surface area contributed by atoms with Crippen LogP contribution in [0.15, 0.2) is 30.3 Å². The van der Waals surface area contributed by atoms with Gasteiger partial charge in [-0.1, -0.05) is 18.2 Å². The van der Waals surface area contributed by atoms with E-state index in [0.717, 1.165) is 35.0 Å². The predicted molar refractivity (Wildman–Crippen MR) is 86.3 cm³/mol. The van der Waals surface area contributed by atoms with Crippen molar-refractivity contribution < 1.29 is 14.3 Å². The maximum atomic E-state index is 13.0. The summed E-state index contributed by atoms with van der Waals surface area (Å²) in [5.41, 5.74) is 2.46. The Morgan fingerprint density at radius 3 is 2.61 bits per heavy atom. The molecule has 1 aromatic heterocycles. The Bertz CT molecular complexity index is 743. The number of ether oxygens (including phenoxy) is 2. The summed E-state index contributed by atoms with van der Waals surface area (Å²) in [5, 5.41) is 0.914. The second-order valence-electron chi connectivity index (χ2n) is 6.23. The van der Waals surface area contributed by atoms with Gasteiger partial charge < -0.3 is 14.4 Å². The molecule has 5 heteroatoms. The van der Waals surface area contributed by atoms with Crippen LogP contribution < -0.4 is 0 Å². The molecule has 1 aromatic carbocycles. The Balaban J connectivity index is 1.60. The van der Waals surface area contributed by atoms with Gasteiger partial charge in [0.25, 0.3) is 5.91 Å². The van der Waals surface area contributed by atoms with Gasteiger partial charge in [-0.25, -0.2) is 0 Å². The van der Waals surface area contributed by atoms with Crippen LogP contribution in [0.5, 0.6) is 0 Å². The Morgan fingerprint density at radius 2 is 1.87 bits per heavy atom. The highest BCUT2D eigenvalue weighted by atomic mass is 16.7. The van der Waals surface area contributed by atoms with Crippen LogP contribution in [0.4, 0.5) is 0 Å². The fourth-order valence-electron chi connectivity index (χ4n) is 3.49. The first-order valence-corrected chi connectivity index (χ1v) is 8.10. The van der Waals surface area contributed by atoms with Crippen molar-refractivity contribution in [3.05, 3.63) is 41.6 Å². The van der Waals surface area contributed by atoms with Gasteiger partial charge in [0.2, 0.25) is 0 Å². The number of amides is 1. The zero-order chi connectivity index (χ0) is 15.9. The molecule has 0 aliphatic carbocycles. The molecule has 3 heterocycles. The van der Waals surface area contributed by atoms with Gasteiger partial charge in [-0.15, -0.1) is 0 Å². The van der Waals surface area contributed by atoms with Crippen molar-refractivity contribution in [3.8, 4) is 0 Å². The Morgan fingerprint density at radius 1 is 1.17 bits per heavy atom. The monoisotopic (exact) mass is 312 g/mol. The van der Waals surface area contributed by atoms with Crippen molar-refractivity contribution in [3.63, 3.8) is 0 Å². The lowest BCUT2D eigenvalue weighted by atomic mass is 10.0. The summed E-state index contributed by atoms with van der Waals surface area (Å²) in [5.74, 6) is -0.382. The molecule has 120 valence electrons. The number of piperidine rings is 1. The molecule has 2 aliphatic rings. The molecular weight excluding hydrogens is 292 g/mol. The smallest absolute Gasteiger partial charge is 0.254 e. The van der Waals surface area contributed by atoms with E-state index in [0.29, 0.717) is 26.3 Å². The third kappa shape index (κ3) is 2.60. The van der Waals surface area contributed by atoms with Crippen molar-refractivity contribution in [2.45, 2.75) is 25.6 Å². The molecule has 0 atom stereocenters. The standard InChI is InChI=1S/C18H20N2O3/c1-13-12-15(14-4-2-3-5-16(14)19-13)17(21)20-8-6-18(7-9-20)22-10-11-23-18/h2-5,12H,6-11H2,1H3. The van der Waals surface area contributed by atoms with Crippen LogP contribution in [0, 0.1) is 6.92 Å². The van der Waals surface area contributed by atoms with E-state index in [9.17, 15) is 4.79 Å². The summed E-state index contributed by atoms with van der Waals surface area (Å²) in [7, 11) is 0. The minimum absolute atomic E-state index is 0.0690. The molecule has 2 fully saturated rings. The number of para-hydroxylation sites is 1. The molecule has 2 saturated heterocycles. The third-order valence-electron chi connectivity index (χ3n) is 4.70. The molecular formula is C18H20N2O3. The van der Waals surface area contributed by atoms with Gasteiger partial charge in [-0.3, -0.25) is 9.78 Å². The van der Waals surface area contributed by atoms with Gasteiger partial charge in [0, 0.05) is 37.0 Å². The van der Waals surface area contributed by atoms with Gasteiger partial charge in [-0.05, 0) is 19.1 Å². The lowest BCUT2D eigenvalue weighted by Crippen LogP contribution is -2.47. The van der Waals surface area contributed by atoms with Gasteiger partial charge in [0.05, 0.1) is 24.3 Å². The summed E-state index contributed by atoms with van der Waals surface area (Å²) in [6, 6.07) is 9.69. The number of aryl methyl sites for hydroxylation is 1. The van der Waals surface area contributed by atoms with Crippen molar-refractivity contribution in [2.75, 3.05) is 26.3 Å². The first-order chi connectivity index (χ1) is 11.2. The number of carbonyl (C=O) groups excluding carboxylic acids is 1. The molecule has 0 N–H and O–H groups in total. The van der Waals surface area contributed by atoms with Crippen molar-refractivity contribution in [2.24, 2.45) is 0 Å². The number of carbonyl (C=O) groups is 1. The van der Waals surface area contributed by atoms with Gasteiger partial charge in [0.1, 0.15) is 0 Å². The molecule has 1 spiro atoms. The molecule has 4 rings (SSSR count). The average Bonchev–Trinajstić information content (AvgIpc) is 3.02. The maximum Gasteiger partial charge on any atom is 0.254 e. The first-order valence-electron chi connectivity index (χ1n) is 8.10. The fraction of sp³-hybridized carbons (Fsp3) is 0.444. The van der Waals surface area contributed by atoms with Gasteiger partial charge >= 0.3 is 0 Å². The largest absolute Gasteiger partial charge is 0.347 e. The summed E-state index contributed by atoms with van der Waals surface area (Å²) in [6.45, 7) is 4.56. The quantitative estimate of drug-likeness (QED) is 0.812.